The van der Waals surface area contributed by atoms with Gasteiger partial charge in [0.1, 0.15) is 5.82 Å². The van der Waals surface area contributed by atoms with Crippen molar-refractivity contribution in [3.8, 4) is 0 Å². The smallest absolute Gasteiger partial charge is 0.236 e. The number of benzene rings is 1. The van der Waals surface area contributed by atoms with Crippen LogP contribution in [0.4, 0.5) is 4.39 Å². The number of nitrogens with one attached hydrogen (secondary N) is 1. The molecule has 1 amide bonds. The van der Waals surface area contributed by atoms with E-state index in [1.54, 1.807) is 12.0 Å². The van der Waals surface area contributed by atoms with Gasteiger partial charge < -0.3 is 15.0 Å². The van der Waals surface area contributed by atoms with Crippen molar-refractivity contribution in [3.63, 3.8) is 0 Å². The first kappa shape index (κ1) is 17.6. The average Bonchev–Trinajstić information content (AvgIpc) is 2.59. The first-order valence-corrected chi connectivity index (χ1v) is 7.89. The number of carbonyl (C=O) groups is 2. The molecular weight excluding hydrogens is 299 g/mol. The molecule has 0 aromatic heterocycles. The average molecular weight is 322 g/mol. The SMILES string of the molecule is COCCNCC(=O)N1CCCC(C(=O)c2ccc(F)cc2)C1. The van der Waals surface area contributed by atoms with Crippen LogP contribution in [-0.4, -0.2) is 56.5 Å². The highest BCUT2D eigenvalue weighted by Gasteiger charge is 2.28. The van der Waals surface area contributed by atoms with Crippen LogP contribution in [0.5, 0.6) is 0 Å². The maximum atomic E-state index is 13.0. The van der Waals surface area contributed by atoms with Crippen LogP contribution in [0, 0.1) is 11.7 Å². The van der Waals surface area contributed by atoms with Crippen LogP contribution >= 0.6 is 0 Å². The second kappa shape index (κ2) is 8.74. The minimum atomic E-state index is -0.357. The Morgan fingerprint density at radius 1 is 1.35 bits per heavy atom. The third-order valence-electron chi connectivity index (χ3n) is 4.03. The molecule has 2 rings (SSSR count). The Morgan fingerprint density at radius 3 is 2.78 bits per heavy atom. The molecule has 1 saturated heterocycles. The predicted octanol–water partition coefficient (Wildman–Crippen LogP) is 1.48. The molecule has 0 bridgehead atoms. The van der Waals surface area contributed by atoms with Gasteiger partial charge in [-0.1, -0.05) is 0 Å². The highest BCUT2D eigenvalue weighted by Crippen LogP contribution is 2.21. The molecule has 126 valence electrons. The summed E-state index contributed by atoms with van der Waals surface area (Å²) in [5.74, 6) is -0.589. The van der Waals surface area contributed by atoms with E-state index in [4.69, 9.17) is 4.74 Å². The maximum Gasteiger partial charge on any atom is 0.236 e. The molecule has 0 saturated carbocycles. The fourth-order valence-corrected chi connectivity index (χ4v) is 2.75. The van der Waals surface area contributed by atoms with Crippen LogP contribution in [0.2, 0.25) is 0 Å². The number of Topliss-reactive ketones (excluding diaryl/α,β-unsaturated/α-hetero) is 1. The van der Waals surface area contributed by atoms with Crippen LogP contribution in [0.15, 0.2) is 24.3 Å². The van der Waals surface area contributed by atoms with E-state index in [-0.39, 0.29) is 30.0 Å². The Morgan fingerprint density at radius 2 is 2.09 bits per heavy atom. The highest BCUT2D eigenvalue weighted by molar-refractivity contribution is 5.98. The monoisotopic (exact) mass is 322 g/mol. The van der Waals surface area contributed by atoms with Gasteiger partial charge in [-0.15, -0.1) is 0 Å². The standard InChI is InChI=1S/C17H23FN2O3/c1-23-10-8-19-11-16(21)20-9-2-3-14(12-20)17(22)13-4-6-15(18)7-5-13/h4-7,14,19H,2-3,8-12H2,1H3. The summed E-state index contributed by atoms with van der Waals surface area (Å²) in [4.78, 5) is 26.4. The molecule has 1 aromatic rings. The quantitative estimate of drug-likeness (QED) is 0.610. The van der Waals surface area contributed by atoms with Gasteiger partial charge in [0, 0.05) is 38.2 Å². The molecule has 5 nitrogen and oxygen atoms in total. The maximum absolute atomic E-state index is 13.0. The minimum Gasteiger partial charge on any atom is -0.383 e. The molecule has 1 unspecified atom stereocenters. The van der Waals surface area contributed by atoms with Crippen molar-refractivity contribution in [2.75, 3.05) is 39.9 Å². The van der Waals surface area contributed by atoms with Crippen molar-refractivity contribution < 1.29 is 18.7 Å². The molecule has 1 heterocycles. The zero-order chi connectivity index (χ0) is 16.7. The van der Waals surface area contributed by atoms with Gasteiger partial charge in [0.15, 0.2) is 5.78 Å². The van der Waals surface area contributed by atoms with Crippen molar-refractivity contribution in [1.82, 2.24) is 10.2 Å². The van der Waals surface area contributed by atoms with Gasteiger partial charge in [-0.2, -0.15) is 0 Å². The van der Waals surface area contributed by atoms with Gasteiger partial charge in [-0.3, -0.25) is 9.59 Å². The number of carbonyl (C=O) groups excluding carboxylic acids is 2. The van der Waals surface area contributed by atoms with Gasteiger partial charge in [-0.25, -0.2) is 4.39 Å². The normalized spacial score (nSPS) is 18.0. The molecule has 0 aliphatic carbocycles. The van der Waals surface area contributed by atoms with Crippen molar-refractivity contribution >= 4 is 11.7 Å². The molecule has 1 fully saturated rings. The van der Waals surface area contributed by atoms with E-state index in [0.29, 0.717) is 31.8 Å². The highest BCUT2D eigenvalue weighted by atomic mass is 19.1. The van der Waals surface area contributed by atoms with E-state index in [9.17, 15) is 14.0 Å². The Kier molecular flexibility index (Phi) is 6.67. The molecule has 6 heteroatoms. The molecule has 1 aliphatic rings. The molecule has 23 heavy (non-hydrogen) atoms. The Labute approximate surface area is 135 Å². The Hall–Kier alpha value is -1.79. The number of ether oxygens (including phenoxy) is 1. The first-order valence-electron chi connectivity index (χ1n) is 7.89. The number of methoxy groups -OCH3 is 1. The summed E-state index contributed by atoms with van der Waals surface area (Å²) in [5.41, 5.74) is 0.504. The van der Waals surface area contributed by atoms with Crippen molar-refractivity contribution in [3.05, 3.63) is 35.6 Å². The number of hydrogen-bond acceptors (Lipinski definition) is 4. The zero-order valence-corrected chi connectivity index (χ0v) is 13.4. The molecule has 0 radical (unpaired) electrons. The number of nitrogens with zero attached hydrogens (tertiary/aromatic N) is 1. The fraction of sp³-hybridized carbons (Fsp3) is 0.529. The Bertz CT molecular complexity index is 533. The van der Waals surface area contributed by atoms with E-state index in [1.165, 1.54) is 24.3 Å². The number of amides is 1. The van der Waals surface area contributed by atoms with E-state index in [2.05, 4.69) is 5.32 Å². The summed E-state index contributed by atoms with van der Waals surface area (Å²) >= 11 is 0. The molecule has 1 N–H and O–H groups in total. The van der Waals surface area contributed by atoms with Crippen LogP contribution in [-0.2, 0) is 9.53 Å². The summed E-state index contributed by atoms with van der Waals surface area (Å²) < 4.78 is 17.9. The van der Waals surface area contributed by atoms with E-state index < -0.39 is 0 Å². The summed E-state index contributed by atoms with van der Waals surface area (Å²) in [6.07, 6.45) is 1.57. The van der Waals surface area contributed by atoms with Gasteiger partial charge in [-0.05, 0) is 37.1 Å². The van der Waals surface area contributed by atoms with E-state index >= 15 is 0 Å². The molecule has 1 aromatic carbocycles. The van der Waals surface area contributed by atoms with Gasteiger partial charge in [0.2, 0.25) is 5.91 Å². The fourth-order valence-electron chi connectivity index (χ4n) is 2.75. The third kappa shape index (κ3) is 5.11. The van der Waals surface area contributed by atoms with Crippen molar-refractivity contribution in [1.29, 1.82) is 0 Å². The lowest BCUT2D eigenvalue weighted by atomic mass is 9.90. The van der Waals surface area contributed by atoms with Crippen LogP contribution < -0.4 is 5.32 Å². The molecule has 1 aliphatic heterocycles. The second-order valence-electron chi connectivity index (χ2n) is 5.72. The number of piperidine rings is 1. The Balaban J connectivity index is 1.88. The molecule has 0 spiro atoms. The van der Waals surface area contributed by atoms with Gasteiger partial charge >= 0.3 is 0 Å². The largest absolute Gasteiger partial charge is 0.383 e. The van der Waals surface area contributed by atoms with Crippen LogP contribution in [0.1, 0.15) is 23.2 Å². The minimum absolute atomic E-state index is 0.00212. The lowest BCUT2D eigenvalue weighted by Gasteiger charge is -2.32. The summed E-state index contributed by atoms with van der Waals surface area (Å²) in [6, 6.07) is 5.59. The second-order valence-corrected chi connectivity index (χ2v) is 5.72. The van der Waals surface area contributed by atoms with E-state index in [1.807, 2.05) is 0 Å². The molecular formula is C17H23FN2O3. The van der Waals surface area contributed by atoms with Crippen LogP contribution in [0.25, 0.3) is 0 Å². The van der Waals surface area contributed by atoms with Crippen molar-refractivity contribution in [2.45, 2.75) is 12.8 Å². The number of halogens is 1. The van der Waals surface area contributed by atoms with Gasteiger partial charge in [0.25, 0.3) is 0 Å². The number of rotatable bonds is 7. The summed E-state index contributed by atoms with van der Waals surface area (Å²) in [6.45, 7) is 2.53. The number of likely N-dealkylation sites (tertiary alicyclic amines) is 1. The van der Waals surface area contributed by atoms with Gasteiger partial charge in [0.05, 0.1) is 13.2 Å². The number of hydrogen-bond donors (Lipinski definition) is 1. The predicted molar refractivity (Wildman–Crippen MR) is 84.8 cm³/mol. The van der Waals surface area contributed by atoms with Crippen LogP contribution in [0.3, 0.4) is 0 Å². The summed E-state index contributed by atoms with van der Waals surface area (Å²) in [5, 5.41) is 3.02. The third-order valence-corrected chi connectivity index (χ3v) is 4.03. The first-order chi connectivity index (χ1) is 11.1. The zero-order valence-electron chi connectivity index (χ0n) is 13.4. The lowest BCUT2D eigenvalue weighted by molar-refractivity contribution is -0.131. The topological polar surface area (TPSA) is 58.6 Å². The molecule has 1 atom stereocenters. The van der Waals surface area contributed by atoms with Crippen molar-refractivity contribution in [2.24, 2.45) is 5.92 Å². The van der Waals surface area contributed by atoms with E-state index in [0.717, 1.165) is 12.8 Å². The number of ketones is 1. The lowest BCUT2D eigenvalue weighted by Crippen LogP contribution is -2.46. The summed E-state index contributed by atoms with van der Waals surface area (Å²) in [7, 11) is 1.61.